The van der Waals surface area contributed by atoms with Crippen LogP contribution in [0, 0.1) is 0 Å². The molecule has 0 amide bonds. The number of alkyl halides is 2. The number of morpholine rings is 1. The second-order valence-corrected chi connectivity index (χ2v) is 5.10. The zero-order chi connectivity index (χ0) is 16.2. The van der Waals surface area contributed by atoms with Crippen LogP contribution in [0.5, 0.6) is 0 Å². The van der Waals surface area contributed by atoms with Crippen molar-refractivity contribution in [1.29, 1.82) is 0 Å². The van der Waals surface area contributed by atoms with Crippen molar-refractivity contribution in [3.8, 4) is 0 Å². The average molecular weight is 326 g/mol. The van der Waals surface area contributed by atoms with Gasteiger partial charge in [-0.3, -0.25) is 4.98 Å². The topological polar surface area (TPSA) is 89.2 Å². The molecule has 1 aliphatic rings. The van der Waals surface area contributed by atoms with E-state index in [4.69, 9.17) is 4.74 Å². The maximum absolute atomic E-state index is 12.9. The third-order valence-electron chi connectivity index (χ3n) is 3.68. The summed E-state index contributed by atoms with van der Waals surface area (Å²) in [6.45, 7) is 2.77. The first kappa shape index (κ1) is 15.7. The molecule has 0 aliphatic carbocycles. The van der Waals surface area contributed by atoms with Crippen molar-refractivity contribution in [2.45, 2.75) is 18.6 Å². The molecule has 1 fully saturated rings. The Morgan fingerprint density at radius 1 is 1.22 bits per heavy atom. The van der Waals surface area contributed by atoms with Crippen molar-refractivity contribution in [2.75, 3.05) is 31.2 Å². The van der Waals surface area contributed by atoms with Crippen molar-refractivity contribution < 1.29 is 18.6 Å². The summed E-state index contributed by atoms with van der Waals surface area (Å²) in [6, 6.07) is 2.23. The lowest BCUT2D eigenvalue weighted by atomic mass is 10.1. The summed E-state index contributed by atoms with van der Waals surface area (Å²) in [5.41, 5.74) is 1.14. The van der Waals surface area contributed by atoms with Crippen LogP contribution in [0.4, 0.5) is 14.5 Å². The molecule has 2 atom stereocenters. The first-order valence-electron chi connectivity index (χ1n) is 7.14. The molecule has 3 heterocycles. The Balaban J connectivity index is 1.85. The zero-order valence-electron chi connectivity index (χ0n) is 12.2. The molecule has 8 nitrogen and oxygen atoms in total. The van der Waals surface area contributed by atoms with Crippen LogP contribution in [-0.2, 0) is 4.74 Å². The van der Waals surface area contributed by atoms with E-state index in [1.54, 1.807) is 18.3 Å². The minimum absolute atomic E-state index is 0.266. The van der Waals surface area contributed by atoms with Crippen molar-refractivity contribution in [1.82, 2.24) is 25.2 Å². The number of hydrogen-bond acceptors (Lipinski definition) is 7. The first-order chi connectivity index (χ1) is 11.2. The van der Waals surface area contributed by atoms with E-state index >= 15 is 0 Å². The number of aliphatic hydroxyl groups is 1. The summed E-state index contributed by atoms with van der Waals surface area (Å²) >= 11 is 0. The zero-order valence-corrected chi connectivity index (χ0v) is 12.2. The van der Waals surface area contributed by atoms with Crippen molar-refractivity contribution in [2.24, 2.45) is 0 Å². The van der Waals surface area contributed by atoms with Gasteiger partial charge in [0.2, 0.25) is 0 Å². The molecule has 124 valence electrons. The number of aliphatic hydroxyl groups excluding tert-OH is 1. The van der Waals surface area contributed by atoms with Gasteiger partial charge < -0.3 is 14.7 Å². The molecule has 10 heteroatoms. The number of hydrogen-bond donors (Lipinski definition) is 1. The molecule has 1 aliphatic heterocycles. The fraction of sp³-hybridized carbons (Fsp3) is 0.538. The van der Waals surface area contributed by atoms with Gasteiger partial charge in [0.15, 0.2) is 0 Å². The molecule has 2 aromatic heterocycles. The predicted molar refractivity (Wildman–Crippen MR) is 75.2 cm³/mol. The molecule has 2 aromatic rings. The van der Waals surface area contributed by atoms with Crippen molar-refractivity contribution in [3.63, 3.8) is 0 Å². The second kappa shape index (κ2) is 6.92. The molecular weight excluding hydrogens is 310 g/mol. The van der Waals surface area contributed by atoms with Crippen LogP contribution in [0.25, 0.3) is 0 Å². The Morgan fingerprint density at radius 2 is 2.00 bits per heavy atom. The number of anilines is 1. The third kappa shape index (κ3) is 3.42. The number of halogens is 2. The molecule has 0 bridgehead atoms. The monoisotopic (exact) mass is 326 g/mol. The van der Waals surface area contributed by atoms with E-state index < -0.39 is 18.6 Å². The van der Waals surface area contributed by atoms with E-state index in [0.29, 0.717) is 13.2 Å². The smallest absolute Gasteiger partial charge is 0.266 e. The third-order valence-corrected chi connectivity index (χ3v) is 3.68. The molecule has 0 spiro atoms. The van der Waals surface area contributed by atoms with E-state index in [2.05, 4.69) is 25.4 Å². The fourth-order valence-electron chi connectivity index (χ4n) is 2.48. The van der Waals surface area contributed by atoms with Crippen molar-refractivity contribution in [3.05, 3.63) is 30.4 Å². The van der Waals surface area contributed by atoms with Gasteiger partial charge in [-0.15, -0.1) is 5.10 Å². The van der Waals surface area contributed by atoms with E-state index in [-0.39, 0.29) is 5.69 Å². The summed E-state index contributed by atoms with van der Waals surface area (Å²) in [5, 5.41) is 20.3. The highest BCUT2D eigenvalue weighted by Gasteiger charge is 2.32. The normalized spacial score (nSPS) is 18.2. The molecule has 23 heavy (non-hydrogen) atoms. The number of pyridine rings is 1. The number of ether oxygens (including phenoxy) is 1. The van der Waals surface area contributed by atoms with Crippen LogP contribution in [0.1, 0.15) is 11.7 Å². The van der Waals surface area contributed by atoms with Crippen LogP contribution in [0.2, 0.25) is 0 Å². The van der Waals surface area contributed by atoms with Crippen LogP contribution in [-0.4, -0.2) is 69.1 Å². The van der Waals surface area contributed by atoms with E-state index in [1.807, 2.05) is 0 Å². The van der Waals surface area contributed by atoms with Gasteiger partial charge in [0, 0.05) is 13.1 Å². The van der Waals surface area contributed by atoms with Crippen LogP contribution >= 0.6 is 0 Å². The van der Waals surface area contributed by atoms with Gasteiger partial charge in [-0.05, 0) is 22.6 Å². The summed E-state index contributed by atoms with van der Waals surface area (Å²) in [4.78, 5) is 6.31. The lowest BCUT2D eigenvalue weighted by Crippen LogP contribution is -2.36. The maximum Gasteiger partial charge on any atom is 0.266 e. The molecule has 0 saturated carbocycles. The number of nitrogens with zero attached hydrogens (tertiary/aromatic N) is 6. The van der Waals surface area contributed by atoms with Crippen molar-refractivity contribution >= 4 is 5.69 Å². The summed E-state index contributed by atoms with van der Waals surface area (Å²) in [5.74, 6) is 0. The Bertz CT molecular complexity index is 603. The number of aromatic nitrogens is 5. The quantitative estimate of drug-likeness (QED) is 0.835. The van der Waals surface area contributed by atoms with E-state index in [1.165, 1.54) is 6.33 Å². The molecule has 1 N–H and O–H groups in total. The molecular formula is C13H16F2N6O2. The largest absolute Gasteiger partial charge is 0.384 e. The molecule has 3 rings (SSSR count). The van der Waals surface area contributed by atoms with E-state index in [0.717, 1.165) is 23.5 Å². The van der Waals surface area contributed by atoms with Gasteiger partial charge in [-0.25, -0.2) is 13.5 Å². The molecule has 2 unspecified atom stereocenters. The highest BCUT2D eigenvalue weighted by molar-refractivity contribution is 5.45. The van der Waals surface area contributed by atoms with Gasteiger partial charge >= 0.3 is 0 Å². The van der Waals surface area contributed by atoms with Crippen LogP contribution < -0.4 is 4.90 Å². The Labute approximate surface area is 130 Å². The first-order valence-corrected chi connectivity index (χ1v) is 7.14. The van der Waals surface area contributed by atoms with Gasteiger partial charge in [0.1, 0.15) is 18.5 Å². The molecule has 1 saturated heterocycles. The maximum atomic E-state index is 12.9. The summed E-state index contributed by atoms with van der Waals surface area (Å²) < 4.78 is 32.3. The Kier molecular flexibility index (Phi) is 4.72. The molecule has 0 aromatic carbocycles. The number of rotatable bonds is 5. The highest BCUT2D eigenvalue weighted by Crippen LogP contribution is 2.25. The minimum Gasteiger partial charge on any atom is -0.384 e. The van der Waals surface area contributed by atoms with Gasteiger partial charge in [0.25, 0.3) is 6.43 Å². The SMILES string of the molecule is OC(C(F)F)C(c1ccc(N2CCOCC2)cn1)n1cnnn1. The highest BCUT2D eigenvalue weighted by atomic mass is 19.3. The predicted octanol–water partition coefficient (Wildman–Crippen LogP) is 0.120. The minimum atomic E-state index is -2.94. The van der Waals surface area contributed by atoms with Crippen LogP contribution in [0.3, 0.4) is 0 Å². The molecule has 0 radical (unpaired) electrons. The summed E-state index contributed by atoms with van der Waals surface area (Å²) in [7, 11) is 0. The Hall–Kier alpha value is -2.20. The van der Waals surface area contributed by atoms with Gasteiger partial charge in [0.05, 0.1) is 30.8 Å². The van der Waals surface area contributed by atoms with Crippen LogP contribution in [0.15, 0.2) is 24.7 Å². The average Bonchev–Trinajstić information content (AvgIpc) is 3.10. The van der Waals surface area contributed by atoms with E-state index in [9.17, 15) is 13.9 Å². The second-order valence-electron chi connectivity index (χ2n) is 5.10. The standard InChI is InChI=1S/C13H16F2N6O2/c14-13(15)12(22)11(21-8-17-18-19-21)10-2-1-9(7-16-10)20-3-5-23-6-4-20/h1-2,7-8,11-13,22H,3-6H2. The lowest BCUT2D eigenvalue weighted by Gasteiger charge is -2.29. The Morgan fingerprint density at radius 3 is 2.57 bits per heavy atom. The number of tetrazole rings is 1. The van der Waals surface area contributed by atoms with Gasteiger partial charge in [-0.1, -0.05) is 0 Å². The summed E-state index contributed by atoms with van der Waals surface area (Å²) in [6.07, 6.45) is -2.13. The van der Waals surface area contributed by atoms with Gasteiger partial charge in [-0.2, -0.15) is 0 Å². The fourth-order valence-corrected chi connectivity index (χ4v) is 2.48. The lowest BCUT2D eigenvalue weighted by molar-refractivity contribution is -0.0292.